The highest BCUT2D eigenvalue weighted by Gasteiger charge is 2.23. The number of hydrogen-bond acceptors (Lipinski definition) is 6. The number of nitrogens with one attached hydrogen (secondary N) is 2. The minimum absolute atomic E-state index is 0. The monoisotopic (exact) mass is 439 g/mol. The van der Waals surface area contributed by atoms with E-state index in [0.29, 0.717) is 13.0 Å². The number of para-hydroxylation sites is 1. The number of benzene rings is 1. The molecule has 0 aliphatic heterocycles. The van der Waals surface area contributed by atoms with Crippen molar-refractivity contribution in [2.24, 2.45) is 17.2 Å². The minimum Gasteiger partial charge on any atom is -0.480 e. The lowest BCUT2D eigenvalue weighted by molar-refractivity contribution is -0.142. The second kappa shape index (κ2) is 14.1. The molecule has 11 nitrogen and oxygen atoms in total. The van der Waals surface area contributed by atoms with Crippen molar-refractivity contribution in [2.45, 2.75) is 50.7 Å². The number of carbonyl (C=O) groups excluding carboxylic acids is 1. The van der Waals surface area contributed by atoms with Crippen molar-refractivity contribution in [2.75, 3.05) is 6.54 Å². The molecule has 0 spiro atoms. The second-order valence-corrected chi connectivity index (χ2v) is 6.98. The Morgan fingerprint density at radius 1 is 1.10 bits per heavy atom. The van der Waals surface area contributed by atoms with Gasteiger partial charge in [0.1, 0.15) is 12.1 Å². The van der Waals surface area contributed by atoms with Gasteiger partial charge in [0.05, 0.1) is 6.04 Å². The second-order valence-electron chi connectivity index (χ2n) is 6.98. The van der Waals surface area contributed by atoms with Crippen LogP contribution in [0.2, 0.25) is 0 Å². The lowest BCUT2D eigenvalue weighted by Gasteiger charge is -2.15. The highest BCUT2D eigenvalue weighted by molar-refractivity contribution is 5.88. The van der Waals surface area contributed by atoms with E-state index < -0.39 is 36.0 Å². The number of amides is 1. The fourth-order valence-electron chi connectivity index (χ4n) is 2.66. The summed E-state index contributed by atoms with van der Waals surface area (Å²) in [5.41, 5.74) is 17.6. The van der Waals surface area contributed by atoms with E-state index in [0.717, 1.165) is 29.3 Å². The zero-order chi connectivity index (χ0) is 22.7. The summed E-state index contributed by atoms with van der Waals surface area (Å²) < 4.78 is 0. The number of aromatic nitrogens is 1. The number of aliphatic carboxylic acids is 2. The van der Waals surface area contributed by atoms with Crippen LogP contribution < -0.4 is 22.5 Å². The molecule has 2 rings (SSSR count). The van der Waals surface area contributed by atoms with Crippen molar-refractivity contribution >= 4 is 28.7 Å². The van der Waals surface area contributed by atoms with Gasteiger partial charge in [-0.25, -0.2) is 4.79 Å². The van der Waals surface area contributed by atoms with Gasteiger partial charge in [-0.1, -0.05) is 24.6 Å². The van der Waals surface area contributed by atoms with Gasteiger partial charge in [-0.15, -0.1) is 0 Å². The molecule has 0 fully saturated rings. The van der Waals surface area contributed by atoms with Crippen LogP contribution in [0.5, 0.6) is 0 Å². The standard InChI is InChI=1S/C14H17N3O3.C6H14N2O2.H2O/c1-8(15)13(18)17-12(14(19)20)6-9-7-16-11-5-3-2-4-10(9)11;7-4-2-1-3-5(8)6(9)10;/h2-5,7-8,12,16H,6,15H2,1H3,(H,17,18)(H,19,20);5H,1-4,7-8H2,(H,9,10);1H2/t8-,12+;5-;/m00./s1. The van der Waals surface area contributed by atoms with Crippen LogP contribution in [0.25, 0.3) is 10.9 Å². The highest BCUT2D eigenvalue weighted by Crippen LogP contribution is 2.19. The van der Waals surface area contributed by atoms with Gasteiger partial charge < -0.3 is 43.2 Å². The lowest BCUT2D eigenvalue weighted by Crippen LogP contribution is -2.48. The van der Waals surface area contributed by atoms with E-state index in [4.69, 9.17) is 22.3 Å². The molecule has 0 aliphatic carbocycles. The number of nitrogens with two attached hydrogens (primary N) is 3. The van der Waals surface area contributed by atoms with Gasteiger partial charge >= 0.3 is 11.9 Å². The third kappa shape index (κ3) is 9.57. The molecule has 0 saturated heterocycles. The third-order valence-corrected chi connectivity index (χ3v) is 4.41. The first kappa shape index (κ1) is 28.0. The molecule has 1 amide bonds. The maximum Gasteiger partial charge on any atom is 0.326 e. The van der Waals surface area contributed by atoms with Crippen molar-refractivity contribution < 1.29 is 30.1 Å². The van der Waals surface area contributed by atoms with E-state index in [-0.39, 0.29) is 11.9 Å². The Hall–Kier alpha value is -2.99. The summed E-state index contributed by atoms with van der Waals surface area (Å²) in [5, 5.41) is 20.9. The number of aromatic amines is 1. The van der Waals surface area contributed by atoms with Gasteiger partial charge in [0.2, 0.25) is 5.91 Å². The molecule has 1 heterocycles. The number of carboxylic acid groups (broad SMARTS) is 2. The Kier molecular flexibility index (Phi) is 12.7. The van der Waals surface area contributed by atoms with Gasteiger partial charge in [0.25, 0.3) is 0 Å². The van der Waals surface area contributed by atoms with Crippen molar-refractivity contribution in [3.05, 3.63) is 36.0 Å². The maximum atomic E-state index is 11.5. The Labute approximate surface area is 180 Å². The molecule has 31 heavy (non-hydrogen) atoms. The van der Waals surface area contributed by atoms with Crippen LogP contribution in [0.1, 0.15) is 31.7 Å². The van der Waals surface area contributed by atoms with Gasteiger partial charge in [-0.2, -0.15) is 0 Å². The molecule has 0 radical (unpaired) electrons. The van der Waals surface area contributed by atoms with Crippen LogP contribution in [-0.4, -0.2) is 63.2 Å². The number of rotatable bonds is 10. The molecule has 174 valence electrons. The van der Waals surface area contributed by atoms with E-state index in [1.807, 2.05) is 24.3 Å². The predicted molar refractivity (Wildman–Crippen MR) is 117 cm³/mol. The number of fused-ring (bicyclic) bond motifs is 1. The first-order valence-corrected chi connectivity index (χ1v) is 9.69. The van der Waals surface area contributed by atoms with Gasteiger partial charge in [-0.05, 0) is 37.9 Å². The maximum absolute atomic E-state index is 11.5. The van der Waals surface area contributed by atoms with Crippen molar-refractivity contribution in [1.82, 2.24) is 10.3 Å². The summed E-state index contributed by atoms with van der Waals surface area (Å²) in [4.78, 5) is 36.0. The van der Waals surface area contributed by atoms with E-state index in [1.165, 1.54) is 6.92 Å². The molecule has 0 unspecified atom stereocenters. The van der Waals surface area contributed by atoms with Gasteiger partial charge in [0.15, 0.2) is 0 Å². The molecule has 0 saturated carbocycles. The van der Waals surface area contributed by atoms with Crippen LogP contribution in [0.4, 0.5) is 0 Å². The topological polar surface area (TPSA) is 229 Å². The minimum atomic E-state index is -1.08. The Morgan fingerprint density at radius 2 is 1.74 bits per heavy atom. The number of carbonyl (C=O) groups is 3. The summed E-state index contributed by atoms with van der Waals surface area (Å²) in [7, 11) is 0. The lowest BCUT2D eigenvalue weighted by atomic mass is 10.0. The highest BCUT2D eigenvalue weighted by atomic mass is 16.4. The van der Waals surface area contributed by atoms with Gasteiger partial charge in [0, 0.05) is 23.5 Å². The molecule has 3 atom stereocenters. The zero-order valence-corrected chi connectivity index (χ0v) is 17.5. The molecule has 0 aliphatic rings. The fourth-order valence-corrected chi connectivity index (χ4v) is 2.66. The van der Waals surface area contributed by atoms with Crippen LogP contribution in [-0.2, 0) is 20.8 Å². The van der Waals surface area contributed by atoms with Gasteiger partial charge in [-0.3, -0.25) is 9.59 Å². The average molecular weight is 440 g/mol. The average Bonchev–Trinajstić information content (AvgIpc) is 3.10. The molecular formula is C20H33N5O6. The largest absolute Gasteiger partial charge is 0.480 e. The van der Waals surface area contributed by atoms with Crippen molar-refractivity contribution in [3.63, 3.8) is 0 Å². The SMILES string of the molecule is C[C@H](N)C(=O)N[C@H](Cc1c[nH]c2ccccc12)C(=O)O.NCCCC[C@H](N)C(=O)O.O. The fraction of sp³-hybridized carbons (Fsp3) is 0.450. The summed E-state index contributed by atoms with van der Waals surface area (Å²) in [6, 6.07) is 5.16. The van der Waals surface area contributed by atoms with Crippen molar-refractivity contribution in [1.29, 1.82) is 0 Å². The summed E-state index contributed by atoms with van der Waals surface area (Å²) >= 11 is 0. The molecular weight excluding hydrogens is 406 g/mol. The van der Waals surface area contributed by atoms with E-state index in [9.17, 15) is 19.5 Å². The van der Waals surface area contributed by atoms with Crippen LogP contribution in [0.15, 0.2) is 30.5 Å². The van der Waals surface area contributed by atoms with E-state index in [2.05, 4.69) is 10.3 Å². The molecule has 12 N–H and O–H groups in total. The normalized spacial score (nSPS) is 13.2. The smallest absolute Gasteiger partial charge is 0.326 e. The molecule has 2 aromatic rings. The first-order valence-electron chi connectivity index (χ1n) is 9.69. The predicted octanol–water partition coefficient (Wildman–Crippen LogP) is -0.670. The van der Waals surface area contributed by atoms with Crippen LogP contribution in [0, 0.1) is 0 Å². The number of H-pyrrole nitrogens is 1. The summed E-state index contributed by atoms with van der Waals surface area (Å²) in [6.45, 7) is 2.12. The Morgan fingerprint density at radius 3 is 2.29 bits per heavy atom. The Bertz CT molecular complexity index is 838. The number of carboxylic acids is 2. The summed E-state index contributed by atoms with van der Waals surface area (Å²) in [6.07, 6.45) is 4.13. The number of hydrogen-bond donors (Lipinski definition) is 7. The molecule has 1 aromatic heterocycles. The van der Waals surface area contributed by atoms with Crippen molar-refractivity contribution in [3.8, 4) is 0 Å². The molecule has 11 heteroatoms. The Balaban J connectivity index is 0.000000701. The van der Waals surface area contributed by atoms with Crippen LogP contribution >= 0.6 is 0 Å². The zero-order valence-electron chi connectivity index (χ0n) is 17.5. The summed E-state index contributed by atoms with van der Waals surface area (Å²) in [5.74, 6) is -2.49. The molecule has 0 bridgehead atoms. The van der Waals surface area contributed by atoms with E-state index >= 15 is 0 Å². The third-order valence-electron chi connectivity index (χ3n) is 4.41. The first-order chi connectivity index (χ1) is 14.2. The van der Waals surface area contributed by atoms with Crippen LogP contribution in [0.3, 0.4) is 0 Å². The number of unbranched alkanes of at least 4 members (excludes halogenated alkanes) is 1. The van der Waals surface area contributed by atoms with E-state index in [1.54, 1.807) is 6.20 Å². The quantitative estimate of drug-likeness (QED) is 0.234. The molecule has 1 aromatic carbocycles.